The Bertz CT molecular complexity index is 204. The van der Waals surface area contributed by atoms with Crippen LogP contribution in [-0.4, -0.2) is 37.5 Å². The van der Waals surface area contributed by atoms with E-state index in [0.29, 0.717) is 0 Å². The maximum absolute atomic E-state index is 11.3. The fourth-order valence-corrected chi connectivity index (χ4v) is 0.928. The van der Waals surface area contributed by atoms with Crippen LogP contribution in [0.1, 0.15) is 20.8 Å². The average Bonchev–Trinajstić information content (AvgIpc) is 2.02. The number of nitrogens with one attached hydrogen (secondary N) is 3. The van der Waals surface area contributed by atoms with Crippen molar-refractivity contribution >= 4 is 11.8 Å². The highest BCUT2D eigenvalue weighted by Crippen LogP contribution is 1.85. The van der Waals surface area contributed by atoms with Crippen LogP contribution in [0, 0.1) is 0 Å². The molecule has 0 bridgehead atoms. The highest BCUT2D eigenvalue weighted by Gasteiger charge is 2.15. The van der Waals surface area contributed by atoms with Gasteiger partial charge in [-0.25, -0.2) is 0 Å². The minimum absolute atomic E-state index is 0.0890. The van der Waals surface area contributed by atoms with Crippen LogP contribution in [0.2, 0.25) is 0 Å². The van der Waals surface area contributed by atoms with Crippen LogP contribution in [0.3, 0.4) is 0 Å². The molecule has 0 aromatic carbocycles. The lowest BCUT2D eigenvalue weighted by molar-refractivity contribution is -0.128. The van der Waals surface area contributed by atoms with E-state index in [9.17, 15) is 9.59 Å². The molecule has 82 valence electrons. The quantitative estimate of drug-likeness (QED) is 0.547. The molecule has 2 amide bonds. The van der Waals surface area contributed by atoms with Gasteiger partial charge in [-0.15, -0.1) is 0 Å². The summed E-state index contributed by atoms with van der Waals surface area (Å²) in [6, 6.07) is -0.399. The molecule has 0 rings (SSSR count). The van der Waals surface area contributed by atoms with Crippen molar-refractivity contribution in [2.45, 2.75) is 32.9 Å². The number of hydrogen-bond donors (Lipinski definition) is 3. The van der Waals surface area contributed by atoms with Crippen molar-refractivity contribution in [2.24, 2.45) is 0 Å². The summed E-state index contributed by atoms with van der Waals surface area (Å²) in [5.41, 5.74) is 0. The van der Waals surface area contributed by atoms with E-state index in [1.54, 1.807) is 14.0 Å². The lowest BCUT2D eigenvalue weighted by Crippen LogP contribution is -2.48. The van der Waals surface area contributed by atoms with Crippen LogP contribution in [0.4, 0.5) is 0 Å². The molecule has 0 aliphatic heterocycles. The van der Waals surface area contributed by atoms with Crippen LogP contribution in [-0.2, 0) is 9.59 Å². The maximum Gasteiger partial charge on any atom is 0.242 e. The Morgan fingerprint density at radius 3 is 2.14 bits per heavy atom. The van der Waals surface area contributed by atoms with E-state index in [-0.39, 0.29) is 24.4 Å². The topological polar surface area (TPSA) is 70.2 Å². The molecule has 0 aliphatic carbocycles. The second-order valence-electron chi connectivity index (χ2n) is 3.48. The number of rotatable bonds is 5. The summed E-state index contributed by atoms with van der Waals surface area (Å²) in [4.78, 5) is 22.4. The molecule has 0 aromatic heterocycles. The van der Waals surface area contributed by atoms with E-state index in [1.807, 2.05) is 13.8 Å². The third-order valence-electron chi connectivity index (χ3n) is 1.54. The lowest BCUT2D eigenvalue weighted by Gasteiger charge is -2.15. The van der Waals surface area contributed by atoms with Crippen molar-refractivity contribution < 1.29 is 9.59 Å². The van der Waals surface area contributed by atoms with Crippen LogP contribution >= 0.6 is 0 Å². The summed E-state index contributed by atoms with van der Waals surface area (Å²) in [6.45, 7) is 5.63. The molecular formula is C9H19N3O2. The first-order valence-corrected chi connectivity index (χ1v) is 4.71. The molecule has 0 radical (unpaired) electrons. The smallest absolute Gasteiger partial charge is 0.242 e. The molecule has 5 heteroatoms. The van der Waals surface area contributed by atoms with Gasteiger partial charge in [0.1, 0.15) is 6.04 Å². The standard InChI is InChI=1S/C9H19N3O2/c1-6(2)11-9(14)7(3)12-8(13)5-10-4/h6-7,10H,5H2,1-4H3,(H,11,14)(H,12,13). The summed E-state index contributed by atoms with van der Waals surface area (Å²) in [7, 11) is 1.68. The Labute approximate surface area is 84.6 Å². The zero-order valence-corrected chi connectivity index (χ0v) is 9.18. The summed E-state index contributed by atoms with van der Waals surface area (Å²) < 4.78 is 0. The van der Waals surface area contributed by atoms with Crippen molar-refractivity contribution in [1.29, 1.82) is 0 Å². The largest absolute Gasteiger partial charge is 0.352 e. The van der Waals surface area contributed by atoms with Crippen molar-refractivity contribution in [3.8, 4) is 0 Å². The second kappa shape index (κ2) is 6.37. The predicted octanol–water partition coefficient (Wildman–Crippen LogP) is -0.765. The van der Waals surface area contributed by atoms with Crippen molar-refractivity contribution in [3.05, 3.63) is 0 Å². The molecule has 0 aliphatic rings. The minimum Gasteiger partial charge on any atom is -0.352 e. The van der Waals surface area contributed by atoms with Crippen LogP contribution in [0.25, 0.3) is 0 Å². The normalized spacial score (nSPS) is 12.4. The molecule has 0 fully saturated rings. The first-order valence-electron chi connectivity index (χ1n) is 4.71. The summed E-state index contributed by atoms with van der Waals surface area (Å²) in [5.74, 6) is -0.344. The number of carbonyl (C=O) groups excluding carboxylic acids is 2. The van der Waals surface area contributed by atoms with E-state index in [0.717, 1.165) is 0 Å². The van der Waals surface area contributed by atoms with Gasteiger partial charge in [-0.2, -0.15) is 0 Å². The van der Waals surface area contributed by atoms with Crippen LogP contribution in [0.15, 0.2) is 0 Å². The Morgan fingerprint density at radius 1 is 1.14 bits per heavy atom. The lowest BCUT2D eigenvalue weighted by atomic mass is 10.3. The maximum atomic E-state index is 11.3. The molecular weight excluding hydrogens is 182 g/mol. The van der Waals surface area contributed by atoms with Crippen LogP contribution < -0.4 is 16.0 Å². The zero-order valence-electron chi connectivity index (χ0n) is 9.18. The summed E-state index contributed by atoms with van der Waals surface area (Å²) in [5, 5.41) is 8.00. The molecule has 5 nitrogen and oxygen atoms in total. The van der Waals surface area contributed by atoms with Crippen molar-refractivity contribution in [3.63, 3.8) is 0 Å². The molecule has 0 saturated heterocycles. The number of likely N-dealkylation sites (N-methyl/N-ethyl adjacent to an activating group) is 1. The summed E-state index contributed by atoms with van der Waals surface area (Å²) in [6.07, 6.45) is 0. The number of carbonyl (C=O) groups is 2. The van der Waals surface area contributed by atoms with Crippen molar-refractivity contribution in [1.82, 2.24) is 16.0 Å². The molecule has 0 aromatic rings. The third kappa shape index (κ3) is 5.53. The van der Waals surface area contributed by atoms with Gasteiger partial charge in [0, 0.05) is 6.04 Å². The Kier molecular flexibility index (Phi) is 5.87. The summed E-state index contributed by atoms with van der Waals surface area (Å²) >= 11 is 0. The van der Waals surface area contributed by atoms with Gasteiger partial charge in [0.15, 0.2) is 0 Å². The van der Waals surface area contributed by atoms with Gasteiger partial charge >= 0.3 is 0 Å². The first kappa shape index (κ1) is 12.9. The Balaban J connectivity index is 3.88. The van der Waals surface area contributed by atoms with Gasteiger partial charge in [-0.05, 0) is 27.8 Å². The molecule has 3 N–H and O–H groups in total. The SMILES string of the molecule is CNCC(=O)NC(C)C(=O)NC(C)C. The number of hydrogen-bond acceptors (Lipinski definition) is 3. The minimum atomic E-state index is -0.488. The monoisotopic (exact) mass is 201 g/mol. The molecule has 1 atom stereocenters. The average molecular weight is 201 g/mol. The van der Waals surface area contributed by atoms with Gasteiger partial charge in [-0.3, -0.25) is 9.59 Å². The molecule has 14 heavy (non-hydrogen) atoms. The van der Waals surface area contributed by atoms with Gasteiger partial charge < -0.3 is 16.0 Å². The van der Waals surface area contributed by atoms with Gasteiger partial charge in [0.05, 0.1) is 6.54 Å². The molecule has 0 heterocycles. The Hall–Kier alpha value is -1.10. The van der Waals surface area contributed by atoms with E-state index < -0.39 is 6.04 Å². The highest BCUT2D eigenvalue weighted by molar-refractivity contribution is 5.88. The predicted molar refractivity (Wildman–Crippen MR) is 54.8 cm³/mol. The molecule has 0 saturated carbocycles. The third-order valence-corrected chi connectivity index (χ3v) is 1.54. The van der Waals surface area contributed by atoms with Crippen LogP contribution in [0.5, 0.6) is 0 Å². The molecule has 0 spiro atoms. The fraction of sp³-hybridized carbons (Fsp3) is 0.778. The van der Waals surface area contributed by atoms with Gasteiger partial charge in [-0.1, -0.05) is 0 Å². The fourth-order valence-electron chi connectivity index (χ4n) is 0.928. The Morgan fingerprint density at radius 2 is 1.71 bits per heavy atom. The van der Waals surface area contributed by atoms with E-state index in [2.05, 4.69) is 16.0 Å². The zero-order chi connectivity index (χ0) is 11.1. The van der Waals surface area contributed by atoms with Gasteiger partial charge in [0.25, 0.3) is 0 Å². The van der Waals surface area contributed by atoms with E-state index in [1.165, 1.54) is 0 Å². The molecule has 1 unspecified atom stereocenters. The van der Waals surface area contributed by atoms with Gasteiger partial charge in [0.2, 0.25) is 11.8 Å². The number of amides is 2. The van der Waals surface area contributed by atoms with E-state index in [4.69, 9.17) is 0 Å². The van der Waals surface area contributed by atoms with E-state index >= 15 is 0 Å². The van der Waals surface area contributed by atoms with Crippen molar-refractivity contribution in [2.75, 3.05) is 13.6 Å². The first-order chi connectivity index (χ1) is 6.47. The second-order valence-corrected chi connectivity index (χ2v) is 3.48. The highest BCUT2D eigenvalue weighted by atomic mass is 16.2.